The van der Waals surface area contributed by atoms with Gasteiger partial charge in [-0.05, 0) is 54.7 Å². The van der Waals surface area contributed by atoms with Gasteiger partial charge in [0.1, 0.15) is 5.82 Å². The van der Waals surface area contributed by atoms with Crippen LogP contribution < -0.4 is 10.6 Å². The minimum absolute atomic E-state index is 0.00199. The maximum atomic E-state index is 12.5. The molecule has 0 unspecified atom stereocenters. The van der Waals surface area contributed by atoms with Gasteiger partial charge in [-0.2, -0.15) is 0 Å². The molecule has 0 spiro atoms. The van der Waals surface area contributed by atoms with E-state index < -0.39 is 12.1 Å². The van der Waals surface area contributed by atoms with E-state index in [0.717, 1.165) is 16.7 Å². The molecule has 2 heterocycles. The summed E-state index contributed by atoms with van der Waals surface area (Å²) in [7, 11) is 0. The van der Waals surface area contributed by atoms with Crippen molar-refractivity contribution < 1.29 is 19.8 Å². The molecule has 0 bridgehead atoms. The van der Waals surface area contributed by atoms with E-state index in [9.17, 15) is 15.0 Å². The second-order valence-electron chi connectivity index (χ2n) is 7.44. The van der Waals surface area contributed by atoms with Gasteiger partial charge in [-0.15, -0.1) is 5.06 Å². The average molecular weight is 469 g/mol. The van der Waals surface area contributed by atoms with Crippen LogP contribution in [-0.4, -0.2) is 52.2 Å². The van der Waals surface area contributed by atoms with Gasteiger partial charge < -0.3 is 25.7 Å². The molecule has 2 aromatic rings. The third-order valence-corrected chi connectivity index (χ3v) is 5.74. The number of hydrogen-bond acceptors (Lipinski definition) is 7. The highest BCUT2D eigenvalue weighted by atomic mass is 35.5. The van der Waals surface area contributed by atoms with E-state index in [1.165, 1.54) is 0 Å². The molecular weight excluding hydrogens is 443 g/mol. The highest BCUT2D eigenvalue weighted by Gasteiger charge is 2.23. The van der Waals surface area contributed by atoms with Crippen molar-refractivity contribution in [2.75, 3.05) is 25.1 Å². The van der Waals surface area contributed by atoms with E-state index in [0.29, 0.717) is 41.8 Å². The predicted octanol–water partition coefficient (Wildman–Crippen LogP) is 3.30. The minimum Gasteiger partial charge on any atom is -0.396 e. The number of anilines is 1. The van der Waals surface area contributed by atoms with E-state index in [4.69, 9.17) is 28.0 Å². The van der Waals surface area contributed by atoms with Crippen molar-refractivity contribution in [1.82, 2.24) is 15.4 Å². The zero-order chi connectivity index (χ0) is 22.4. The average Bonchev–Trinajstić information content (AvgIpc) is 2.75. The lowest BCUT2D eigenvalue weighted by Gasteiger charge is -2.28. The quantitative estimate of drug-likeness (QED) is 0.470. The molecule has 2 atom stereocenters. The first-order chi connectivity index (χ1) is 14.9. The van der Waals surface area contributed by atoms with E-state index in [-0.39, 0.29) is 19.3 Å². The Balaban J connectivity index is 1.62. The Morgan fingerprint density at radius 2 is 2.06 bits per heavy atom. The summed E-state index contributed by atoms with van der Waals surface area (Å²) in [6, 6.07) is 6.38. The second-order valence-corrected chi connectivity index (χ2v) is 8.26. The molecule has 8 nitrogen and oxygen atoms in total. The van der Waals surface area contributed by atoms with Gasteiger partial charge in [-0.3, -0.25) is 0 Å². The number of hydrogen-bond donors (Lipinski definition) is 4. The van der Waals surface area contributed by atoms with Gasteiger partial charge in [-0.1, -0.05) is 29.3 Å². The molecule has 1 amide bonds. The summed E-state index contributed by atoms with van der Waals surface area (Å²) in [5, 5.41) is 26.9. The van der Waals surface area contributed by atoms with Crippen molar-refractivity contribution in [2.45, 2.75) is 38.4 Å². The normalized spacial score (nSPS) is 15.6. The number of hydroxylamine groups is 2. The molecular formula is C21H26Cl2N4O4. The number of benzene rings is 1. The molecule has 4 N–H and O–H groups in total. The molecule has 1 aliphatic heterocycles. The Labute approximate surface area is 191 Å². The zero-order valence-corrected chi connectivity index (χ0v) is 18.7. The standard InChI is InChI=1S/C21H26Cl2N4O4/c1-13(12-29)25-20-9-16-11-27(6-4-15(16)10-24-20)31-21(30)26-19(5-7-28)14-2-3-17(22)18(23)8-14/h2-3,8-10,13,19,28-29H,4-7,11-12H2,1H3,(H,24,25)(H,26,30)/t13-,19+/m0/s1. The molecule has 1 aromatic heterocycles. The molecule has 0 saturated carbocycles. The van der Waals surface area contributed by atoms with E-state index in [1.807, 2.05) is 13.0 Å². The summed E-state index contributed by atoms with van der Waals surface area (Å²) in [5.74, 6) is 0.661. The highest BCUT2D eigenvalue weighted by Crippen LogP contribution is 2.27. The highest BCUT2D eigenvalue weighted by molar-refractivity contribution is 6.42. The fourth-order valence-electron chi connectivity index (χ4n) is 3.33. The van der Waals surface area contributed by atoms with Gasteiger partial charge in [0, 0.05) is 25.4 Å². The number of aliphatic hydroxyl groups excluding tert-OH is 2. The number of rotatable bonds is 8. The first-order valence-corrected chi connectivity index (χ1v) is 10.8. The second kappa shape index (κ2) is 11.0. The lowest BCUT2D eigenvalue weighted by atomic mass is 10.0. The Kier molecular flexibility index (Phi) is 8.34. The summed E-state index contributed by atoms with van der Waals surface area (Å²) in [5.41, 5.74) is 2.82. The molecule has 10 heteroatoms. The number of carbonyl (C=O) groups excluding carboxylic acids is 1. The van der Waals surface area contributed by atoms with E-state index in [2.05, 4.69) is 15.6 Å². The third-order valence-electron chi connectivity index (χ3n) is 5.00. The number of pyridine rings is 1. The lowest BCUT2D eigenvalue weighted by Crippen LogP contribution is -2.38. The van der Waals surface area contributed by atoms with Gasteiger partial charge in [0.2, 0.25) is 0 Å². The van der Waals surface area contributed by atoms with Crippen LogP contribution >= 0.6 is 23.2 Å². The van der Waals surface area contributed by atoms with Crippen molar-refractivity contribution >= 4 is 35.1 Å². The van der Waals surface area contributed by atoms with Crippen LogP contribution in [0.2, 0.25) is 10.0 Å². The molecule has 0 fully saturated rings. The Morgan fingerprint density at radius 3 is 2.77 bits per heavy atom. The smallest absolute Gasteiger partial charge is 0.396 e. The minimum atomic E-state index is -0.616. The molecule has 0 aliphatic carbocycles. The molecule has 1 aliphatic rings. The van der Waals surface area contributed by atoms with Gasteiger partial charge in [-0.25, -0.2) is 9.78 Å². The number of amides is 1. The van der Waals surface area contributed by atoms with E-state index in [1.54, 1.807) is 29.5 Å². The molecule has 168 valence electrons. The third kappa shape index (κ3) is 6.44. The largest absolute Gasteiger partial charge is 0.426 e. The van der Waals surface area contributed by atoms with Crippen LogP contribution in [0.15, 0.2) is 30.5 Å². The molecule has 3 rings (SSSR count). The first-order valence-electron chi connectivity index (χ1n) is 10.0. The van der Waals surface area contributed by atoms with Crippen LogP contribution in [-0.2, 0) is 17.8 Å². The van der Waals surface area contributed by atoms with Crippen molar-refractivity contribution in [1.29, 1.82) is 0 Å². The van der Waals surface area contributed by atoms with Gasteiger partial charge >= 0.3 is 6.09 Å². The Morgan fingerprint density at radius 1 is 1.26 bits per heavy atom. The summed E-state index contributed by atoms with van der Waals surface area (Å²) >= 11 is 12.0. The van der Waals surface area contributed by atoms with Crippen LogP contribution in [0.3, 0.4) is 0 Å². The van der Waals surface area contributed by atoms with Gasteiger partial charge in [0.05, 0.1) is 29.2 Å². The summed E-state index contributed by atoms with van der Waals surface area (Å²) in [6.45, 7) is 2.71. The Hall–Kier alpha value is -2.10. The number of halogens is 2. The monoisotopic (exact) mass is 468 g/mol. The summed E-state index contributed by atoms with van der Waals surface area (Å²) in [4.78, 5) is 22.4. The number of fused-ring (bicyclic) bond motifs is 1. The van der Waals surface area contributed by atoms with Crippen molar-refractivity contribution in [2.24, 2.45) is 0 Å². The molecule has 0 saturated heterocycles. The fraction of sp³-hybridized carbons (Fsp3) is 0.429. The number of nitrogens with zero attached hydrogens (tertiary/aromatic N) is 2. The summed E-state index contributed by atoms with van der Waals surface area (Å²) < 4.78 is 0. The molecule has 0 radical (unpaired) electrons. The SMILES string of the molecule is C[C@@H](CO)Nc1cc2c(cn1)CCN(OC(=O)N[C@H](CCO)c1ccc(Cl)c(Cl)c1)C2. The van der Waals surface area contributed by atoms with E-state index >= 15 is 0 Å². The van der Waals surface area contributed by atoms with Crippen LogP contribution in [0.1, 0.15) is 36.1 Å². The predicted molar refractivity (Wildman–Crippen MR) is 119 cm³/mol. The fourth-order valence-corrected chi connectivity index (χ4v) is 3.64. The van der Waals surface area contributed by atoms with Crippen molar-refractivity contribution in [3.63, 3.8) is 0 Å². The topological polar surface area (TPSA) is 107 Å². The zero-order valence-electron chi connectivity index (χ0n) is 17.1. The maximum absolute atomic E-state index is 12.5. The first kappa shape index (κ1) is 23.6. The number of aliphatic hydroxyl groups is 2. The van der Waals surface area contributed by atoms with Gasteiger partial charge in [0.15, 0.2) is 0 Å². The van der Waals surface area contributed by atoms with Crippen LogP contribution in [0.25, 0.3) is 0 Å². The number of aromatic nitrogens is 1. The van der Waals surface area contributed by atoms with Crippen molar-refractivity contribution in [3.05, 3.63) is 57.2 Å². The van der Waals surface area contributed by atoms with Crippen LogP contribution in [0.4, 0.5) is 10.6 Å². The summed E-state index contributed by atoms with van der Waals surface area (Å²) in [6.07, 6.45) is 2.19. The number of nitrogens with one attached hydrogen (secondary N) is 2. The Bertz CT molecular complexity index is 915. The van der Waals surface area contributed by atoms with Crippen LogP contribution in [0, 0.1) is 0 Å². The lowest BCUT2D eigenvalue weighted by molar-refractivity contribution is -0.112. The maximum Gasteiger partial charge on any atom is 0.426 e. The van der Waals surface area contributed by atoms with Crippen LogP contribution in [0.5, 0.6) is 0 Å². The van der Waals surface area contributed by atoms with Gasteiger partial charge in [0.25, 0.3) is 0 Å². The molecule has 31 heavy (non-hydrogen) atoms. The molecule has 1 aromatic carbocycles. The van der Waals surface area contributed by atoms with Crippen molar-refractivity contribution in [3.8, 4) is 0 Å². The number of carbonyl (C=O) groups is 1.